The minimum atomic E-state index is -3.94. The zero-order valence-corrected chi connectivity index (χ0v) is 15.0. The first-order valence-corrected chi connectivity index (χ1v) is 9.16. The number of nitriles is 1. The highest BCUT2D eigenvalue weighted by Gasteiger charge is 2.22. The monoisotopic (exact) mass is 368 g/mol. The van der Waals surface area contributed by atoms with E-state index in [1.807, 2.05) is 36.4 Å². The third-order valence-corrected chi connectivity index (χ3v) is 5.05. The first-order valence-electron chi connectivity index (χ1n) is 7.67. The lowest BCUT2D eigenvalue weighted by Crippen LogP contribution is -2.16. The van der Waals surface area contributed by atoms with Crippen LogP contribution < -0.4 is 9.46 Å². The van der Waals surface area contributed by atoms with Crippen LogP contribution in [0.15, 0.2) is 59.5 Å². The minimum absolute atomic E-state index is 0.0579. The lowest BCUT2D eigenvalue weighted by molar-refractivity contribution is 0.402. The lowest BCUT2D eigenvalue weighted by Gasteiger charge is -2.13. The van der Waals surface area contributed by atoms with E-state index in [0.717, 1.165) is 5.69 Å². The number of aromatic nitrogens is 2. The molecule has 1 heterocycles. The van der Waals surface area contributed by atoms with Crippen LogP contribution in [0.3, 0.4) is 0 Å². The van der Waals surface area contributed by atoms with E-state index in [4.69, 9.17) is 10.00 Å². The number of hydrogen-bond donors (Lipinski definition) is 1. The highest BCUT2D eigenvalue weighted by Crippen LogP contribution is 2.28. The summed E-state index contributed by atoms with van der Waals surface area (Å²) >= 11 is 0. The maximum atomic E-state index is 12.9. The SMILES string of the molecule is COc1cc(C#N)ccc1S(=O)(=O)Nc1cc(C)nn1-c1ccccc1. The van der Waals surface area contributed by atoms with Crippen LogP contribution in [0.4, 0.5) is 5.82 Å². The molecule has 2 aromatic carbocycles. The summed E-state index contributed by atoms with van der Waals surface area (Å²) in [5, 5.41) is 13.3. The molecule has 1 aromatic heterocycles. The van der Waals surface area contributed by atoms with E-state index >= 15 is 0 Å². The Morgan fingerprint density at radius 1 is 1.15 bits per heavy atom. The van der Waals surface area contributed by atoms with Crippen LogP contribution in [0.5, 0.6) is 5.75 Å². The van der Waals surface area contributed by atoms with E-state index in [1.165, 1.54) is 30.0 Å². The summed E-state index contributed by atoms with van der Waals surface area (Å²) in [7, 11) is -2.59. The second-order valence-corrected chi connectivity index (χ2v) is 7.15. The van der Waals surface area contributed by atoms with Gasteiger partial charge < -0.3 is 4.74 Å². The Morgan fingerprint density at radius 2 is 1.88 bits per heavy atom. The molecule has 0 fully saturated rings. The van der Waals surface area contributed by atoms with Gasteiger partial charge in [0.15, 0.2) is 0 Å². The van der Waals surface area contributed by atoms with Crippen molar-refractivity contribution in [2.75, 3.05) is 11.8 Å². The van der Waals surface area contributed by atoms with Crippen molar-refractivity contribution in [3.63, 3.8) is 0 Å². The Morgan fingerprint density at radius 3 is 2.54 bits per heavy atom. The molecule has 0 aliphatic carbocycles. The fourth-order valence-corrected chi connectivity index (χ4v) is 3.67. The van der Waals surface area contributed by atoms with Crippen molar-refractivity contribution in [3.05, 3.63) is 65.9 Å². The van der Waals surface area contributed by atoms with Gasteiger partial charge in [-0.15, -0.1) is 0 Å². The molecular formula is C18H16N4O3S. The zero-order valence-electron chi connectivity index (χ0n) is 14.2. The second-order valence-electron chi connectivity index (χ2n) is 5.50. The van der Waals surface area contributed by atoms with Crippen molar-refractivity contribution < 1.29 is 13.2 Å². The number of anilines is 1. The second kappa shape index (κ2) is 6.90. The average molecular weight is 368 g/mol. The number of aryl methyl sites for hydroxylation is 1. The molecule has 3 aromatic rings. The highest BCUT2D eigenvalue weighted by atomic mass is 32.2. The number of nitrogens with zero attached hydrogens (tertiary/aromatic N) is 3. The first kappa shape index (κ1) is 17.5. The van der Waals surface area contributed by atoms with Crippen LogP contribution in [0, 0.1) is 18.3 Å². The molecular weight excluding hydrogens is 352 g/mol. The molecule has 0 saturated heterocycles. The number of rotatable bonds is 5. The molecule has 0 radical (unpaired) electrons. The molecule has 7 nitrogen and oxygen atoms in total. The molecule has 0 aliphatic rings. The van der Waals surface area contributed by atoms with Gasteiger partial charge in [0.05, 0.1) is 30.1 Å². The van der Waals surface area contributed by atoms with Crippen molar-refractivity contribution in [1.29, 1.82) is 5.26 Å². The van der Waals surface area contributed by atoms with Gasteiger partial charge in [0.2, 0.25) is 0 Å². The van der Waals surface area contributed by atoms with E-state index in [1.54, 1.807) is 13.0 Å². The minimum Gasteiger partial charge on any atom is -0.495 e. The van der Waals surface area contributed by atoms with Gasteiger partial charge in [0.25, 0.3) is 10.0 Å². The van der Waals surface area contributed by atoms with Crippen LogP contribution in [-0.2, 0) is 10.0 Å². The molecule has 3 rings (SSSR count). The van der Waals surface area contributed by atoms with Crippen molar-refractivity contribution in [2.45, 2.75) is 11.8 Å². The Hall–Kier alpha value is -3.31. The van der Waals surface area contributed by atoms with Gasteiger partial charge >= 0.3 is 0 Å². The topological polar surface area (TPSA) is 97.0 Å². The number of hydrogen-bond acceptors (Lipinski definition) is 5. The summed E-state index contributed by atoms with van der Waals surface area (Å²) in [5.41, 5.74) is 1.70. The Balaban J connectivity index is 2.03. The molecule has 0 amide bonds. The third kappa shape index (κ3) is 3.38. The summed E-state index contributed by atoms with van der Waals surface area (Å²) in [4.78, 5) is -0.0579. The van der Waals surface area contributed by atoms with Crippen LogP contribution in [0.1, 0.15) is 11.3 Å². The van der Waals surface area contributed by atoms with Crippen molar-refractivity contribution in [3.8, 4) is 17.5 Å². The number of para-hydroxylation sites is 1. The highest BCUT2D eigenvalue weighted by molar-refractivity contribution is 7.92. The first-order chi connectivity index (χ1) is 12.4. The smallest absolute Gasteiger partial charge is 0.266 e. The maximum absolute atomic E-state index is 12.9. The van der Waals surface area contributed by atoms with E-state index in [2.05, 4.69) is 9.82 Å². The largest absolute Gasteiger partial charge is 0.495 e. The molecule has 132 valence electrons. The van der Waals surface area contributed by atoms with E-state index in [0.29, 0.717) is 17.1 Å². The van der Waals surface area contributed by atoms with Crippen LogP contribution in [0.2, 0.25) is 0 Å². The summed E-state index contributed by atoms with van der Waals surface area (Å²) in [6, 6.07) is 16.9. The zero-order chi connectivity index (χ0) is 18.7. The Bertz CT molecular complexity index is 1080. The van der Waals surface area contributed by atoms with Gasteiger partial charge in [-0.2, -0.15) is 10.4 Å². The molecule has 1 N–H and O–H groups in total. The number of sulfonamides is 1. The average Bonchev–Trinajstić information content (AvgIpc) is 3.01. The van der Waals surface area contributed by atoms with Crippen molar-refractivity contribution in [2.24, 2.45) is 0 Å². The fourth-order valence-electron chi connectivity index (χ4n) is 2.49. The fraction of sp³-hybridized carbons (Fsp3) is 0.111. The van der Waals surface area contributed by atoms with Gasteiger partial charge in [-0.05, 0) is 37.3 Å². The molecule has 0 saturated carbocycles. The van der Waals surface area contributed by atoms with Crippen molar-refractivity contribution >= 4 is 15.8 Å². The van der Waals surface area contributed by atoms with Crippen molar-refractivity contribution in [1.82, 2.24) is 9.78 Å². The van der Waals surface area contributed by atoms with Crippen LogP contribution in [-0.4, -0.2) is 25.3 Å². The van der Waals surface area contributed by atoms with Gasteiger partial charge in [-0.25, -0.2) is 13.1 Å². The maximum Gasteiger partial charge on any atom is 0.266 e. The molecule has 0 spiro atoms. The molecule has 0 unspecified atom stereocenters. The molecule has 0 bridgehead atoms. The summed E-state index contributed by atoms with van der Waals surface area (Å²) < 4.78 is 34.9. The van der Waals surface area contributed by atoms with Gasteiger partial charge in [0, 0.05) is 6.07 Å². The molecule has 0 atom stereocenters. The standard InChI is InChI=1S/C18H16N4O3S/c1-13-10-18(22(20-13)15-6-4-3-5-7-15)21-26(23,24)17-9-8-14(12-19)11-16(17)25-2/h3-11,21H,1-2H3. The van der Waals surface area contributed by atoms with Gasteiger partial charge in [-0.3, -0.25) is 4.72 Å². The van der Waals surface area contributed by atoms with Crippen LogP contribution >= 0.6 is 0 Å². The predicted octanol–water partition coefficient (Wildman–Crippen LogP) is 2.86. The molecule has 0 aliphatic heterocycles. The Kier molecular flexibility index (Phi) is 4.65. The Labute approximate surface area is 151 Å². The number of nitrogens with one attached hydrogen (secondary N) is 1. The number of methoxy groups -OCH3 is 1. The summed E-state index contributed by atoms with van der Waals surface area (Å²) in [6.45, 7) is 1.78. The van der Waals surface area contributed by atoms with E-state index < -0.39 is 10.0 Å². The van der Waals surface area contributed by atoms with E-state index in [9.17, 15) is 8.42 Å². The predicted molar refractivity (Wildman–Crippen MR) is 96.8 cm³/mol. The van der Waals surface area contributed by atoms with Gasteiger partial charge in [-0.1, -0.05) is 18.2 Å². The molecule has 26 heavy (non-hydrogen) atoms. The lowest BCUT2D eigenvalue weighted by atomic mass is 10.2. The van der Waals surface area contributed by atoms with Gasteiger partial charge in [0.1, 0.15) is 16.5 Å². The quantitative estimate of drug-likeness (QED) is 0.747. The number of benzene rings is 2. The summed E-state index contributed by atoms with van der Waals surface area (Å²) in [6.07, 6.45) is 0. The normalized spacial score (nSPS) is 11.0. The number of ether oxygens (including phenoxy) is 1. The third-order valence-electron chi connectivity index (χ3n) is 3.65. The summed E-state index contributed by atoms with van der Waals surface area (Å²) in [5.74, 6) is 0.402. The molecule has 8 heteroatoms. The van der Waals surface area contributed by atoms with Crippen LogP contribution in [0.25, 0.3) is 5.69 Å². The van der Waals surface area contributed by atoms with E-state index in [-0.39, 0.29) is 10.6 Å².